The molecular formula is C19H22N4S. The fourth-order valence-electron chi connectivity index (χ4n) is 3.49. The maximum absolute atomic E-state index is 8.26. The molecule has 0 bridgehead atoms. The van der Waals surface area contributed by atoms with Gasteiger partial charge in [-0.05, 0) is 62.1 Å². The number of likely N-dealkylation sites (tertiary alicyclic amines) is 1. The lowest BCUT2D eigenvalue weighted by Crippen LogP contribution is -2.31. The van der Waals surface area contributed by atoms with Crippen LogP contribution in [0.2, 0.25) is 0 Å². The van der Waals surface area contributed by atoms with Gasteiger partial charge in [-0.1, -0.05) is 12.1 Å². The van der Waals surface area contributed by atoms with Gasteiger partial charge in [0.05, 0.1) is 23.1 Å². The van der Waals surface area contributed by atoms with E-state index in [0.717, 1.165) is 29.0 Å². The summed E-state index contributed by atoms with van der Waals surface area (Å²) < 4.78 is 2.34. The third-order valence-corrected chi connectivity index (χ3v) is 5.85. The van der Waals surface area contributed by atoms with Crippen molar-refractivity contribution in [2.45, 2.75) is 25.3 Å². The van der Waals surface area contributed by atoms with Crippen LogP contribution < -0.4 is 0 Å². The first-order chi connectivity index (χ1) is 11.7. The summed E-state index contributed by atoms with van der Waals surface area (Å²) in [5.41, 5.74) is 4.11. The average molecular weight is 338 g/mol. The first-order valence-corrected chi connectivity index (χ1v) is 9.34. The highest BCUT2D eigenvalue weighted by molar-refractivity contribution is 7.12. The lowest BCUT2D eigenvalue weighted by atomic mass is 10.0. The second-order valence-corrected chi connectivity index (χ2v) is 7.59. The minimum atomic E-state index is 0.557. The zero-order valence-corrected chi connectivity index (χ0v) is 14.7. The molecule has 1 aliphatic heterocycles. The van der Waals surface area contributed by atoms with Crippen LogP contribution in [0.1, 0.15) is 29.3 Å². The zero-order chi connectivity index (χ0) is 16.5. The van der Waals surface area contributed by atoms with Crippen molar-refractivity contribution in [2.24, 2.45) is 0 Å². The van der Waals surface area contributed by atoms with Crippen LogP contribution in [-0.4, -0.2) is 40.3 Å². The predicted molar refractivity (Wildman–Crippen MR) is 100 cm³/mol. The van der Waals surface area contributed by atoms with E-state index in [1.165, 1.54) is 18.4 Å². The van der Waals surface area contributed by atoms with Gasteiger partial charge < -0.3 is 14.9 Å². The maximum atomic E-state index is 8.26. The van der Waals surface area contributed by atoms with E-state index in [9.17, 15) is 0 Å². The quantitative estimate of drug-likeness (QED) is 0.732. The number of imidazole rings is 1. The van der Waals surface area contributed by atoms with Crippen molar-refractivity contribution in [1.29, 1.82) is 5.41 Å². The summed E-state index contributed by atoms with van der Waals surface area (Å²) in [6.07, 6.45) is 5.03. The fraction of sp³-hybridized carbons (Fsp3) is 0.368. The Hall–Kier alpha value is -1.98. The third kappa shape index (κ3) is 3.01. The highest BCUT2D eigenvalue weighted by Crippen LogP contribution is 2.27. The molecule has 0 amide bonds. The Morgan fingerprint density at radius 3 is 2.88 bits per heavy atom. The van der Waals surface area contributed by atoms with E-state index >= 15 is 0 Å². The number of aromatic nitrogens is 2. The molecule has 124 valence electrons. The number of fused-ring (bicyclic) bond motifs is 1. The summed E-state index contributed by atoms with van der Waals surface area (Å²) in [4.78, 5) is 8.07. The van der Waals surface area contributed by atoms with E-state index in [-0.39, 0.29) is 0 Å². The summed E-state index contributed by atoms with van der Waals surface area (Å²) in [5.74, 6) is 0. The van der Waals surface area contributed by atoms with E-state index < -0.39 is 0 Å². The van der Waals surface area contributed by atoms with Gasteiger partial charge in [-0.25, -0.2) is 4.98 Å². The summed E-state index contributed by atoms with van der Waals surface area (Å²) in [6, 6.07) is 11.0. The topological polar surface area (TPSA) is 44.9 Å². The molecule has 0 aliphatic carbocycles. The van der Waals surface area contributed by atoms with Crippen molar-refractivity contribution in [2.75, 3.05) is 20.1 Å². The summed E-state index contributed by atoms with van der Waals surface area (Å²) in [5, 5.41) is 10.3. The SMILES string of the molecule is CN1CCC(n2cnc3cc(CC(=N)c4cccs4)ccc32)CC1. The molecule has 0 radical (unpaired) electrons. The van der Waals surface area contributed by atoms with Gasteiger partial charge in [0.25, 0.3) is 0 Å². The number of rotatable bonds is 4. The second-order valence-electron chi connectivity index (χ2n) is 6.64. The van der Waals surface area contributed by atoms with Crippen LogP contribution in [0.4, 0.5) is 0 Å². The second kappa shape index (κ2) is 6.49. The van der Waals surface area contributed by atoms with Gasteiger partial charge in [-0.15, -0.1) is 11.3 Å². The predicted octanol–water partition coefficient (Wildman–Crippen LogP) is 3.98. The molecule has 2 aromatic heterocycles. The number of nitrogens with zero attached hydrogens (tertiary/aromatic N) is 3. The van der Waals surface area contributed by atoms with Crippen LogP contribution in [0.25, 0.3) is 11.0 Å². The van der Waals surface area contributed by atoms with Gasteiger partial charge in [0.15, 0.2) is 0 Å². The molecule has 0 spiro atoms. The van der Waals surface area contributed by atoms with E-state index in [4.69, 9.17) is 5.41 Å². The molecule has 1 fully saturated rings. The van der Waals surface area contributed by atoms with Crippen molar-refractivity contribution in [1.82, 2.24) is 14.5 Å². The lowest BCUT2D eigenvalue weighted by molar-refractivity contribution is 0.223. The van der Waals surface area contributed by atoms with Gasteiger partial charge in [0, 0.05) is 17.3 Å². The first-order valence-electron chi connectivity index (χ1n) is 8.46. The summed E-state index contributed by atoms with van der Waals surface area (Å²) in [7, 11) is 2.19. The molecule has 4 nitrogen and oxygen atoms in total. The highest BCUT2D eigenvalue weighted by Gasteiger charge is 2.19. The minimum absolute atomic E-state index is 0.557. The normalized spacial score (nSPS) is 16.7. The van der Waals surface area contributed by atoms with Gasteiger partial charge >= 0.3 is 0 Å². The first kappa shape index (κ1) is 15.5. The Kier molecular flexibility index (Phi) is 4.21. The molecule has 0 saturated carbocycles. The highest BCUT2D eigenvalue weighted by atomic mass is 32.1. The number of piperidine rings is 1. The van der Waals surface area contributed by atoms with Gasteiger partial charge in [-0.3, -0.25) is 0 Å². The molecule has 5 heteroatoms. The molecule has 3 heterocycles. The van der Waals surface area contributed by atoms with Crippen LogP contribution in [0.15, 0.2) is 42.0 Å². The Labute approximate surface area is 146 Å². The maximum Gasteiger partial charge on any atom is 0.0960 e. The van der Waals surface area contributed by atoms with Crippen molar-refractivity contribution in [3.8, 4) is 0 Å². The molecule has 0 unspecified atom stereocenters. The standard InChI is InChI=1S/C19H22N4S/c1-22-8-6-15(7-9-22)23-13-21-17-12-14(4-5-18(17)23)11-16(20)19-3-2-10-24-19/h2-5,10,12-13,15,20H,6-9,11H2,1H3. The Bertz CT molecular complexity index is 842. The van der Waals surface area contributed by atoms with Crippen molar-refractivity contribution < 1.29 is 0 Å². The molecule has 0 atom stereocenters. The van der Waals surface area contributed by atoms with Crippen LogP contribution in [-0.2, 0) is 6.42 Å². The molecular weight excluding hydrogens is 316 g/mol. The van der Waals surface area contributed by atoms with E-state index in [1.54, 1.807) is 11.3 Å². The third-order valence-electron chi connectivity index (χ3n) is 4.92. The molecule has 1 saturated heterocycles. The van der Waals surface area contributed by atoms with E-state index in [2.05, 4.69) is 39.7 Å². The van der Waals surface area contributed by atoms with Crippen molar-refractivity contribution in [3.63, 3.8) is 0 Å². The molecule has 1 aromatic carbocycles. The van der Waals surface area contributed by atoms with Gasteiger partial charge in [0.1, 0.15) is 0 Å². The van der Waals surface area contributed by atoms with E-state index in [0.29, 0.717) is 18.2 Å². The van der Waals surface area contributed by atoms with Crippen LogP contribution in [0.5, 0.6) is 0 Å². The van der Waals surface area contributed by atoms with Crippen LogP contribution >= 0.6 is 11.3 Å². The number of thiophene rings is 1. The van der Waals surface area contributed by atoms with Crippen LogP contribution in [0.3, 0.4) is 0 Å². The zero-order valence-electron chi connectivity index (χ0n) is 13.9. The molecule has 1 aliphatic rings. The van der Waals surface area contributed by atoms with Crippen molar-refractivity contribution in [3.05, 3.63) is 52.5 Å². The average Bonchev–Trinajstić information content (AvgIpc) is 3.25. The number of hydrogen-bond acceptors (Lipinski definition) is 4. The molecule has 1 N–H and O–H groups in total. The number of benzene rings is 1. The summed E-state index contributed by atoms with van der Waals surface area (Å²) in [6.45, 7) is 2.31. The monoisotopic (exact) mass is 338 g/mol. The smallest absolute Gasteiger partial charge is 0.0960 e. The molecule has 4 rings (SSSR count). The largest absolute Gasteiger partial charge is 0.327 e. The molecule has 3 aromatic rings. The summed E-state index contributed by atoms with van der Waals surface area (Å²) >= 11 is 1.63. The Morgan fingerprint density at radius 2 is 2.12 bits per heavy atom. The van der Waals surface area contributed by atoms with Gasteiger partial charge in [0.2, 0.25) is 0 Å². The molecule has 24 heavy (non-hydrogen) atoms. The van der Waals surface area contributed by atoms with Gasteiger partial charge in [-0.2, -0.15) is 0 Å². The Morgan fingerprint density at radius 1 is 1.29 bits per heavy atom. The Balaban J connectivity index is 1.55. The van der Waals surface area contributed by atoms with Crippen molar-refractivity contribution >= 4 is 28.1 Å². The lowest BCUT2D eigenvalue weighted by Gasteiger charge is -2.30. The van der Waals surface area contributed by atoms with E-state index in [1.807, 2.05) is 23.8 Å². The number of hydrogen-bond donors (Lipinski definition) is 1. The minimum Gasteiger partial charge on any atom is -0.327 e. The fourth-order valence-corrected chi connectivity index (χ4v) is 4.17. The van der Waals surface area contributed by atoms with Crippen LogP contribution in [0, 0.1) is 5.41 Å². The number of nitrogens with one attached hydrogen (secondary N) is 1.